The van der Waals surface area contributed by atoms with Crippen LogP contribution in [-0.2, 0) is 22.6 Å². The van der Waals surface area contributed by atoms with Gasteiger partial charge in [-0.1, -0.05) is 35.0 Å². The van der Waals surface area contributed by atoms with Crippen LogP contribution in [0.15, 0.2) is 28.8 Å². The Hall–Kier alpha value is -2.21. The van der Waals surface area contributed by atoms with E-state index in [2.05, 4.69) is 10.1 Å². The van der Waals surface area contributed by atoms with Gasteiger partial charge in [0.05, 0.1) is 0 Å². The number of aromatic nitrogens is 2. The zero-order chi connectivity index (χ0) is 13.7. The summed E-state index contributed by atoms with van der Waals surface area (Å²) < 4.78 is 9.83. The van der Waals surface area contributed by atoms with E-state index in [-0.39, 0.29) is 19.1 Å². The summed E-state index contributed by atoms with van der Waals surface area (Å²) in [6.45, 7) is 1.65. The Bertz CT molecular complexity index is 548. The molecule has 19 heavy (non-hydrogen) atoms. The van der Waals surface area contributed by atoms with Crippen molar-refractivity contribution in [2.24, 2.45) is 0 Å². The SMILES string of the molecule is Cc1ccc(Cc2noc(COCC(=O)O)n2)cc1. The van der Waals surface area contributed by atoms with Crippen LogP contribution in [0.1, 0.15) is 22.8 Å². The molecule has 0 atom stereocenters. The third-order valence-corrected chi connectivity index (χ3v) is 2.44. The van der Waals surface area contributed by atoms with E-state index in [1.165, 1.54) is 5.56 Å². The van der Waals surface area contributed by atoms with Gasteiger partial charge in [-0.15, -0.1) is 0 Å². The van der Waals surface area contributed by atoms with Gasteiger partial charge in [0.15, 0.2) is 5.82 Å². The van der Waals surface area contributed by atoms with Crippen LogP contribution in [0.25, 0.3) is 0 Å². The highest BCUT2D eigenvalue weighted by Crippen LogP contribution is 2.09. The molecule has 100 valence electrons. The van der Waals surface area contributed by atoms with Gasteiger partial charge < -0.3 is 14.4 Å². The highest BCUT2D eigenvalue weighted by molar-refractivity contribution is 5.67. The minimum atomic E-state index is -1.03. The van der Waals surface area contributed by atoms with Crippen molar-refractivity contribution in [1.29, 1.82) is 0 Å². The Labute approximate surface area is 110 Å². The van der Waals surface area contributed by atoms with E-state index < -0.39 is 5.97 Å². The molecule has 0 unspecified atom stereocenters. The molecule has 0 radical (unpaired) electrons. The lowest BCUT2D eigenvalue weighted by atomic mass is 10.1. The van der Waals surface area contributed by atoms with Crippen molar-refractivity contribution in [2.75, 3.05) is 6.61 Å². The maximum absolute atomic E-state index is 10.3. The van der Waals surface area contributed by atoms with Gasteiger partial charge >= 0.3 is 5.97 Å². The Morgan fingerprint density at radius 1 is 1.37 bits per heavy atom. The Morgan fingerprint density at radius 3 is 2.79 bits per heavy atom. The van der Waals surface area contributed by atoms with E-state index in [1.807, 2.05) is 31.2 Å². The number of hydrogen-bond donors (Lipinski definition) is 1. The third-order valence-electron chi connectivity index (χ3n) is 2.44. The summed E-state index contributed by atoms with van der Waals surface area (Å²) in [5, 5.41) is 12.2. The molecule has 0 aliphatic carbocycles. The van der Waals surface area contributed by atoms with Gasteiger partial charge in [0.1, 0.15) is 13.2 Å². The highest BCUT2D eigenvalue weighted by atomic mass is 16.5. The topological polar surface area (TPSA) is 85.5 Å². The van der Waals surface area contributed by atoms with Crippen LogP contribution in [0.4, 0.5) is 0 Å². The van der Waals surface area contributed by atoms with E-state index >= 15 is 0 Å². The minimum Gasteiger partial charge on any atom is -0.480 e. The fraction of sp³-hybridized carbons (Fsp3) is 0.308. The van der Waals surface area contributed by atoms with E-state index in [0.29, 0.717) is 12.2 Å². The van der Waals surface area contributed by atoms with Crippen LogP contribution >= 0.6 is 0 Å². The van der Waals surface area contributed by atoms with Crippen molar-refractivity contribution in [3.8, 4) is 0 Å². The van der Waals surface area contributed by atoms with Crippen molar-refractivity contribution >= 4 is 5.97 Å². The van der Waals surface area contributed by atoms with Gasteiger partial charge in [-0.05, 0) is 12.5 Å². The van der Waals surface area contributed by atoms with Gasteiger partial charge in [0.25, 0.3) is 5.89 Å². The van der Waals surface area contributed by atoms with E-state index in [0.717, 1.165) is 5.56 Å². The number of benzene rings is 1. The molecule has 2 rings (SSSR count). The molecule has 1 heterocycles. The lowest BCUT2D eigenvalue weighted by Gasteiger charge is -1.97. The van der Waals surface area contributed by atoms with Gasteiger partial charge in [-0.2, -0.15) is 4.98 Å². The quantitative estimate of drug-likeness (QED) is 0.850. The minimum absolute atomic E-state index is 0.00714. The number of carboxylic acid groups (broad SMARTS) is 1. The first-order valence-electron chi connectivity index (χ1n) is 5.80. The predicted molar refractivity (Wildman–Crippen MR) is 65.6 cm³/mol. The standard InChI is InChI=1S/C13H14N2O4/c1-9-2-4-10(5-3-9)6-11-14-12(19-15-11)7-18-8-13(16)17/h2-5H,6-8H2,1H3,(H,16,17). The van der Waals surface area contributed by atoms with Crippen LogP contribution in [0.2, 0.25) is 0 Å². The number of aryl methyl sites for hydroxylation is 1. The molecule has 0 saturated carbocycles. The number of aliphatic carboxylic acids is 1. The first kappa shape index (κ1) is 13.2. The second-order valence-electron chi connectivity index (χ2n) is 4.15. The lowest BCUT2D eigenvalue weighted by Crippen LogP contribution is -2.06. The summed E-state index contributed by atoms with van der Waals surface area (Å²) in [6.07, 6.45) is 0.572. The number of nitrogens with zero attached hydrogens (tertiary/aromatic N) is 2. The molecule has 0 spiro atoms. The Kier molecular flexibility index (Phi) is 4.25. The summed E-state index contributed by atoms with van der Waals surface area (Å²) in [4.78, 5) is 14.4. The molecular weight excluding hydrogens is 248 g/mol. The molecule has 1 aromatic heterocycles. The van der Waals surface area contributed by atoms with Crippen LogP contribution in [0.3, 0.4) is 0 Å². The van der Waals surface area contributed by atoms with E-state index in [9.17, 15) is 4.79 Å². The van der Waals surface area contributed by atoms with Crippen molar-refractivity contribution in [3.63, 3.8) is 0 Å². The van der Waals surface area contributed by atoms with E-state index in [1.54, 1.807) is 0 Å². The first-order valence-corrected chi connectivity index (χ1v) is 5.80. The second-order valence-corrected chi connectivity index (χ2v) is 4.15. The molecule has 0 bridgehead atoms. The molecule has 6 heteroatoms. The summed E-state index contributed by atoms with van der Waals surface area (Å²) >= 11 is 0. The Morgan fingerprint density at radius 2 is 2.11 bits per heavy atom. The average Bonchev–Trinajstić information content (AvgIpc) is 2.79. The molecule has 0 fully saturated rings. The normalized spacial score (nSPS) is 10.6. The molecule has 0 aliphatic rings. The molecular formula is C13H14N2O4. The van der Waals surface area contributed by atoms with Crippen molar-refractivity contribution in [2.45, 2.75) is 20.0 Å². The zero-order valence-electron chi connectivity index (χ0n) is 10.5. The molecule has 6 nitrogen and oxygen atoms in total. The predicted octanol–water partition coefficient (Wildman–Crippen LogP) is 1.57. The molecule has 1 aromatic carbocycles. The first-order chi connectivity index (χ1) is 9.13. The monoisotopic (exact) mass is 262 g/mol. The van der Waals surface area contributed by atoms with Crippen molar-refractivity contribution < 1.29 is 19.2 Å². The third kappa shape index (κ3) is 4.18. The molecule has 2 aromatic rings. The molecule has 0 amide bonds. The number of carbonyl (C=O) groups is 1. The van der Waals surface area contributed by atoms with Crippen molar-refractivity contribution in [1.82, 2.24) is 10.1 Å². The van der Waals surface area contributed by atoms with Crippen LogP contribution in [-0.4, -0.2) is 27.8 Å². The Balaban J connectivity index is 1.90. The largest absolute Gasteiger partial charge is 0.480 e. The van der Waals surface area contributed by atoms with Gasteiger partial charge in [-0.3, -0.25) is 0 Å². The van der Waals surface area contributed by atoms with Crippen LogP contribution in [0, 0.1) is 6.92 Å². The fourth-order valence-electron chi connectivity index (χ4n) is 1.53. The van der Waals surface area contributed by atoms with Gasteiger partial charge in [0, 0.05) is 6.42 Å². The van der Waals surface area contributed by atoms with Crippen molar-refractivity contribution in [3.05, 3.63) is 47.1 Å². The van der Waals surface area contributed by atoms with Gasteiger partial charge in [-0.25, -0.2) is 4.79 Å². The number of ether oxygens (including phenoxy) is 1. The van der Waals surface area contributed by atoms with Gasteiger partial charge in [0.2, 0.25) is 0 Å². The summed E-state index contributed by atoms with van der Waals surface area (Å²) in [5.74, 6) is -0.194. The molecule has 1 N–H and O–H groups in total. The zero-order valence-corrected chi connectivity index (χ0v) is 10.5. The maximum atomic E-state index is 10.3. The fourth-order valence-corrected chi connectivity index (χ4v) is 1.53. The van der Waals surface area contributed by atoms with Crippen LogP contribution in [0.5, 0.6) is 0 Å². The number of hydrogen-bond acceptors (Lipinski definition) is 5. The molecule has 0 aliphatic heterocycles. The summed E-state index contributed by atoms with van der Waals surface area (Å²) in [5.41, 5.74) is 2.28. The summed E-state index contributed by atoms with van der Waals surface area (Å²) in [7, 11) is 0. The second kappa shape index (κ2) is 6.10. The number of carboxylic acids is 1. The number of rotatable bonds is 6. The van der Waals surface area contributed by atoms with Crippen LogP contribution < -0.4 is 0 Å². The molecule has 0 saturated heterocycles. The lowest BCUT2D eigenvalue weighted by molar-refractivity contribution is -0.142. The smallest absolute Gasteiger partial charge is 0.329 e. The summed E-state index contributed by atoms with van der Waals surface area (Å²) in [6, 6.07) is 8.05. The van der Waals surface area contributed by atoms with E-state index in [4.69, 9.17) is 14.4 Å². The maximum Gasteiger partial charge on any atom is 0.329 e. The highest BCUT2D eigenvalue weighted by Gasteiger charge is 2.08. The average molecular weight is 262 g/mol.